The molecule has 82 valence electrons. The van der Waals surface area contributed by atoms with E-state index < -0.39 is 0 Å². The Morgan fingerprint density at radius 3 is 3.12 bits per heavy atom. The fourth-order valence-electron chi connectivity index (χ4n) is 1.35. The third-order valence-electron chi connectivity index (χ3n) is 2.32. The van der Waals surface area contributed by atoms with Gasteiger partial charge in [0.2, 0.25) is 5.82 Å². The molecule has 1 amide bonds. The summed E-state index contributed by atoms with van der Waals surface area (Å²) in [5.41, 5.74) is 0. The second kappa shape index (κ2) is 3.67. The number of aromatic nitrogens is 4. The Balaban J connectivity index is 1.73. The van der Waals surface area contributed by atoms with Crippen LogP contribution in [0.25, 0.3) is 0 Å². The van der Waals surface area contributed by atoms with Crippen LogP contribution in [0, 0.1) is 0 Å². The number of carbonyl (C=O) groups is 1. The number of anilines is 1. The molecular weight excluding hydrogens is 226 g/mol. The molecule has 0 bridgehead atoms. The molecule has 7 heteroatoms. The van der Waals surface area contributed by atoms with Crippen LogP contribution in [0.2, 0.25) is 0 Å². The van der Waals surface area contributed by atoms with E-state index in [2.05, 4.69) is 25.5 Å². The van der Waals surface area contributed by atoms with Gasteiger partial charge >= 0.3 is 0 Å². The van der Waals surface area contributed by atoms with Crippen LogP contribution in [0.5, 0.6) is 0 Å². The van der Waals surface area contributed by atoms with Gasteiger partial charge in [-0.1, -0.05) is 0 Å². The van der Waals surface area contributed by atoms with E-state index in [0.29, 0.717) is 11.0 Å². The molecule has 1 saturated carbocycles. The Morgan fingerprint density at radius 2 is 2.44 bits per heavy atom. The molecule has 6 nitrogen and oxygen atoms in total. The van der Waals surface area contributed by atoms with Crippen molar-refractivity contribution in [2.45, 2.75) is 18.8 Å². The summed E-state index contributed by atoms with van der Waals surface area (Å²) < 4.78 is 0. The van der Waals surface area contributed by atoms with Gasteiger partial charge in [-0.25, -0.2) is 9.97 Å². The number of hydrogen-bond donors (Lipinski definition) is 2. The summed E-state index contributed by atoms with van der Waals surface area (Å²) in [6, 6.07) is 0. The topological polar surface area (TPSA) is 83.6 Å². The van der Waals surface area contributed by atoms with E-state index in [1.165, 1.54) is 11.3 Å². The first-order valence-electron chi connectivity index (χ1n) is 4.96. The van der Waals surface area contributed by atoms with Gasteiger partial charge in [0.25, 0.3) is 5.91 Å². The minimum Gasteiger partial charge on any atom is -0.295 e. The zero-order chi connectivity index (χ0) is 11.0. The molecule has 0 aliphatic heterocycles. The third-order valence-corrected chi connectivity index (χ3v) is 3.01. The molecular formula is C9H9N5OS. The molecule has 2 aromatic rings. The number of hydrogen-bond acceptors (Lipinski definition) is 5. The molecule has 16 heavy (non-hydrogen) atoms. The zero-order valence-corrected chi connectivity index (χ0v) is 9.12. The summed E-state index contributed by atoms with van der Waals surface area (Å²) in [6.07, 6.45) is 3.89. The van der Waals surface area contributed by atoms with Crippen LogP contribution in [0.4, 0.5) is 5.13 Å². The molecule has 0 saturated heterocycles. The summed E-state index contributed by atoms with van der Waals surface area (Å²) in [5.74, 6) is 1.13. The number of nitrogens with zero attached hydrogens (tertiary/aromatic N) is 3. The standard InChI is InChI=1S/C9H9N5OS/c15-8(12-9-10-3-4-16-9)7-11-6(13-14-7)5-1-2-5/h3-5H,1-2H2,(H,10,12,15)(H,11,13,14). The number of rotatable bonds is 3. The minimum absolute atomic E-state index is 0.178. The maximum atomic E-state index is 11.7. The van der Waals surface area contributed by atoms with Crippen molar-refractivity contribution < 1.29 is 4.79 Å². The zero-order valence-electron chi connectivity index (χ0n) is 8.30. The molecule has 2 aromatic heterocycles. The molecule has 2 N–H and O–H groups in total. The van der Waals surface area contributed by atoms with Crippen molar-refractivity contribution in [2.24, 2.45) is 0 Å². The summed E-state index contributed by atoms with van der Waals surface area (Å²) in [7, 11) is 0. The van der Waals surface area contributed by atoms with Gasteiger partial charge in [0.15, 0.2) is 5.13 Å². The van der Waals surface area contributed by atoms with Crippen molar-refractivity contribution in [1.29, 1.82) is 0 Å². The summed E-state index contributed by atoms with van der Waals surface area (Å²) in [6.45, 7) is 0. The van der Waals surface area contributed by atoms with Gasteiger partial charge in [-0.3, -0.25) is 15.2 Å². The summed E-state index contributed by atoms with van der Waals surface area (Å²) >= 11 is 1.36. The molecule has 0 spiro atoms. The second-order valence-electron chi connectivity index (χ2n) is 3.61. The van der Waals surface area contributed by atoms with Crippen LogP contribution in [-0.2, 0) is 0 Å². The summed E-state index contributed by atoms with van der Waals surface area (Å²) in [4.78, 5) is 19.8. The smallest absolute Gasteiger partial charge is 0.295 e. The first-order chi connectivity index (χ1) is 7.83. The third kappa shape index (κ3) is 1.81. The van der Waals surface area contributed by atoms with Gasteiger partial charge in [-0.15, -0.1) is 16.4 Å². The maximum Gasteiger partial charge on any atom is 0.297 e. The Bertz CT molecular complexity index is 502. The van der Waals surface area contributed by atoms with Crippen LogP contribution in [0.3, 0.4) is 0 Å². The van der Waals surface area contributed by atoms with E-state index in [1.54, 1.807) is 11.6 Å². The summed E-state index contributed by atoms with van der Waals surface area (Å²) in [5, 5.41) is 11.7. The average Bonchev–Trinajstić information content (AvgIpc) is 2.82. The number of carbonyl (C=O) groups excluding carboxylic acids is 1. The van der Waals surface area contributed by atoms with Gasteiger partial charge in [-0.05, 0) is 12.8 Å². The van der Waals surface area contributed by atoms with Crippen molar-refractivity contribution in [2.75, 3.05) is 5.32 Å². The molecule has 0 unspecified atom stereocenters. The van der Waals surface area contributed by atoms with Crippen LogP contribution in [0.15, 0.2) is 11.6 Å². The highest BCUT2D eigenvalue weighted by Gasteiger charge is 2.28. The van der Waals surface area contributed by atoms with Gasteiger partial charge in [0.1, 0.15) is 5.82 Å². The molecule has 1 aliphatic carbocycles. The van der Waals surface area contributed by atoms with Gasteiger partial charge in [-0.2, -0.15) is 0 Å². The van der Waals surface area contributed by atoms with Crippen LogP contribution in [0.1, 0.15) is 35.2 Å². The van der Waals surface area contributed by atoms with Crippen LogP contribution >= 0.6 is 11.3 Å². The van der Waals surface area contributed by atoms with Crippen molar-refractivity contribution in [3.63, 3.8) is 0 Å². The van der Waals surface area contributed by atoms with E-state index in [-0.39, 0.29) is 11.7 Å². The molecule has 0 atom stereocenters. The minimum atomic E-state index is -0.321. The monoisotopic (exact) mass is 235 g/mol. The number of H-pyrrole nitrogens is 1. The average molecular weight is 235 g/mol. The number of aromatic amines is 1. The van der Waals surface area contributed by atoms with E-state index in [0.717, 1.165) is 18.7 Å². The maximum absolute atomic E-state index is 11.7. The molecule has 0 aromatic carbocycles. The molecule has 0 radical (unpaired) electrons. The Labute approximate surface area is 95.1 Å². The highest BCUT2D eigenvalue weighted by molar-refractivity contribution is 7.13. The highest BCUT2D eigenvalue weighted by atomic mass is 32.1. The lowest BCUT2D eigenvalue weighted by atomic mass is 10.4. The van der Waals surface area contributed by atoms with E-state index in [4.69, 9.17) is 0 Å². The Hall–Kier alpha value is -1.76. The first-order valence-corrected chi connectivity index (χ1v) is 5.84. The van der Waals surface area contributed by atoms with E-state index in [9.17, 15) is 4.79 Å². The normalized spacial score (nSPS) is 15.0. The highest BCUT2D eigenvalue weighted by Crippen LogP contribution is 2.37. The number of amides is 1. The molecule has 1 fully saturated rings. The first kappa shape index (κ1) is 9.46. The van der Waals surface area contributed by atoms with Gasteiger partial charge in [0.05, 0.1) is 0 Å². The Kier molecular flexibility index (Phi) is 2.17. The fourth-order valence-corrected chi connectivity index (χ4v) is 1.88. The number of nitrogens with one attached hydrogen (secondary N) is 2. The fraction of sp³-hybridized carbons (Fsp3) is 0.333. The molecule has 3 rings (SSSR count). The largest absolute Gasteiger partial charge is 0.297 e. The van der Waals surface area contributed by atoms with Crippen LogP contribution < -0.4 is 5.32 Å². The molecule has 1 aliphatic rings. The Morgan fingerprint density at radius 1 is 1.56 bits per heavy atom. The lowest BCUT2D eigenvalue weighted by molar-refractivity contribution is 0.101. The van der Waals surface area contributed by atoms with E-state index in [1.807, 2.05) is 0 Å². The predicted molar refractivity (Wildman–Crippen MR) is 58.4 cm³/mol. The quantitative estimate of drug-likeness (QED) is 0.842. The van der Waals surface area contributed by atoms with Gasteiger partial charge < -0.3 is 0 Å². The predicted octanol–water partition coefficient (Wildman–Crippen LogP) is 1.39. The van der Waals surface area contributed by atoms with Crippen LogP contribution in [-0.4, -0.2) is 26.1 Å². The lowest BCUT2D eigenvalue weighted by Crippen LogP contribution is -2.13. The number of thiazole rings is 1. The second-order valence-corrected chi connectivity index (χ2v) is 4.50. The van der Waals surface area contributed by atoms with Crippen molar-refractivity contribution >= 4 is 22.4 Å². The van der Waals surface area contributed by atoms with Crippen molar-refractivity contribution in [3.05, 3.63) is 23.2 Å². The molecule has 2 heterocycles. The van der Waals surface area contributed by atoms with Crippen molar-refractivity contribution in [1.82, 2.24) is 20.2 Å². The lowest BCUT2D eigenvalue weighted by Gasteiger charge is -1.95. The SMILES string of the molecule is O=C(Nc1nccs1)c1n[nH]c(C2CC2)n1. The van der Waals surface area contributed by atoms with Gasteiger partial charge in [0, 0.05) is 17.5 Å². The van der Waals surface area contributed by atoms with E-state index >= 15 is 0 Å². The van der Waals surface area contributed by atoms with Crippen molar-refractivity contribution in [3.8, 4) is 0 Å².